The Morgan fingerprint density at radius 3 is 2.81 bits per heavy atom. The van der Waals surface area contributed by atoms with Gasteiger partial charge in [0, 0.05) is 12.3 Å². The first-order valence-electron chi connectivity index (χ1n) is 5.96. The summed E-state index contributed by atoms with van der Waals surface area (Å²) >= 11 is 0. The van der Waals surface area contributed by atoms with Gasteiger partial charge in [-0.15, -0.1) is 0 Å². The second kappa shape index (κ2) is 5.15. The summed E-state index contributed by atoms with van der Waals surface area (Å²) in [5, 5.41) is 0. The minimum Gasteiger partial charge on any atom is -0.496 e. The van der Waals surface area contributed by atoms with E-state index in [1.807, 2.05) is 18.2 Å². The molecule has 16 heavy (non-hydrogen) atoms. The molecule has 0 aromatic heterocycles. The number of aryl methyl sites for hydroxylation is 1. The van der Waals surface area contributed by atoms with Gasteiger partial charge in [0.05, 0.1) is 7.11 Å². The molecular weight excluding hydrogens is 200 g/mol. The molecule has 1 aliphatic rings. The zero-order chi connectivity index (χ0) is 11.4. The van der Waals surface area contributed by atoms with Crippen LogP contribution in [0.4, 0.5) is 0 Å². The Morgan fingerprint density at radius 2 is 2.12 bits per heavy atom. The molecule has 86 valence electrons. The van der Waals surface area contributed by atoms with E-state index >= 15 is 0 Å². The van der Waals surface area contributed by atoms with Crippen molar-refractivity contribution >= 4 is 5.78 Å². The summed E-state index contributed by atoms with van der Waals surface area (Å²) in [5.74, 6) is 1.79. The van der Waals surface area contributed by atoms with Gasteiger partial charge in [-0.1, -0.05) is 18.2 Å². The standard InChI is InChI=1S/C14H18O2/c1-16-14-8-3-2-5-12(14)6-4-7-13(15)11-9-10-11/h2-3,5,8,11H,4,6-7,9-10H2,1H3. The SMILES string of the molecule is COc1ccccc1CCCC(=O)C1CC1. The number of carbonyl (C=O) groups excluding carboxylic acids is 1. The third-order valence-corrected chi connectivity index (χ3v) is 3.09. The highest BCUT2D eigenvalue weighted by Gasteiger charge is 2.28. The molecule has 1 aromatic rings. The van der Waals surface area contributed by atoms with Gasteiger partial charge in [-0.2, -0.15) is 0 Å². The molecule has 0 atom stereocenters. The summed E-state index contributed by atoms with van der Waals surface area (Å²) in [4.78, 5) is 11.5. The fourth-order valence-electron chi connectivity index (χ4n) is 1.97. The summed E-state index contributed by atoms with van der Waals surface area (Å²) in [7, 11) is 1.69. The minimum atomic E-state index is 0.401. The van der Waals surface area contributed by atoms with Crippen LogP contribution < -0.4 is 4.74 Å². The van der Waals surface area contributed by atoms with Crippen LogP contribution in [0.1, 0.15) is 31.2 Å². The van der Waals surface area contributed by atoms with Crippen LogP contribution in [0.25, 0.3) is 0 Å². The Balaban J connectivity index is 1.81. The first kappa shape index (κ1) is 11.2. The Hall–Kier alpha value is -1.31. The monoisotopic (exact) mass is 218 g/mol. The summed E-state index contributed by atoms with van der Waals surface area (Å²) in [6, 6.07) is 8.02. The van der Waals surface area contributed by atoms with E-state index in [0.29, 0.717) is 11.7 Å². The molecule has 0 radical (unpaired) electrons. The van der Waals surface area contributed by atoms with Gasteiger partial charge in [0.2, 0.25) is 0 Å². The molecule has 2 nitrogen and oxygen atoms in total. The number of rotatable bonds is 6. The average Bonchev–Trinajstić information content (AvgIpc) is 3.13. The Bertz CT molecular complexity index is 367. The molecule has 2 rings (SSSR count). The van der Waals surface area contributed by atoms with Crippen LogP contribution in [0.15, 0.2) is 24.3 Å². The van der Waals surface area contributed by atoms with Gasteiger partial charge in [0.25, 0.3) is 0 Å². The molecule has 0 unspecified atom stereocenters. The number of methoxy groups -OCH3 is 1. The molecule has 0 amide bonds. The molecule has 0 spiro atoms. The van der Waals surface area contributed by atoms with Crippen LogP contribution in [0.5, 0.6) is 5.75 Å². The molecule has 1 saturated carbocycles. The van der Waals surface area contributed by atoms with E-state index in [4.69, 9.17) is 4.74 Å². The number of ketones is 1. The van der Waals surface area contributed by atoms with E-state index in [9.17, 15) is 4.79 Å². The van der Waals surface area contributed by atoms with Crippen molar-refractivity contribution in [3.63, 3.8) is 0 Å². The molecule has 2 heteroatoms. The highest BCUT2D eigenvalue weighted by Crippen LogP contribution is 2.31. The second-order valence-electron chi connectivity index (χ2n) is 4.41. The Kier molecular flexibility index (Phi) is 3.60. The third-order valence-electron chi connectivity index (χ3n) is 3.09. The number of Topliss-reactive ketones (excluding diaryl/α,β-unsaturated/α-hetero) is 1. The van der Waals surface area contributed by atoms with Crippen molar-refractivity contribution in [1.82, 2.24) is 0 Å². The summed E-state index contributed by atoms with van der Waals surface area (Å²) in [5.41, 5.74) is 1.20. The van der Waals surface area contributed by atoms with E-state index in [-0.39, 0.29) is 0 Å². The molecule has 1 fully saturated rings. The third kappa shape index (κ3) is 2.84. The van der Waals surface area contributed by atoms with Crippen molar-refractivity contribution < 1.29 is 9.53 Å². The first-order valence-corrected chi connectivity index (χ1v) is 5.96. The van der Waals surface area contributed by atoms with Gasteiger partial charge in [0.1, 0.15) is 11.5 Å². The highest BCUT2D eigenvalue weighted by atomic mass is 16.5. The Labute approximate surface area is 96.6 Å². The van der Waals surface area contributed by atoms with Crippen molar-refractivity contribution in [1.29, 1.82) is 0 Å². The van der Waals surface area contributed by atoms with Crippen molar-refractivity contribution in [2.75, 3.05) is 7.11 Å². The lowest BCUT2D eigenvalue weighted by molar-refractivity contribution is -0.120. The number of para-hydroxylation sites is 1. The first-order chi connectivity index (χ1) is 7.81. The van der Waals surface area contributed by atoms with Crippen molar-refractivity contribution in [2.45, 2.75) is 32.1 Å². The largest absolute Gasteiger partial charge is 0.496 e. The molecule has 0 saturated heterocycles. The fourth-order valence-corrected chi connectivity index (χ4v) is 1.97. The van der Waals surface area contributed by atoms with Crippen LogP contribution in [0.2, 0.25) is 0 Å². The van der Waals surface area contributed by atoms with Crippen LogP contribution in [0, 0.1) is 5.92 Å². The van der Waals surface area contributed by atoms with E-state index in [0.717, 1.165) is 37.9 Å². The molecular formula is C14H18O2. The number of carbonyl (C=O) groups is 1. The normalized spacial score (nSPS) is 14.8. The average molecular weight is 218 g/mol. The summed E-state index contributed by atoms with van der Waals surface area (Å²) < 4.78 is 5.28. The smallest absolute Gasteiger partial charge is 0.135 e. The predicted octanol–water partition coefficient (Wildman–Crippen LogP) is 3.00. The van der Waals surface area contributed by atoms with Gasteiger partial charge in [-0.25, -0.2) is 0 Å². The quantitative estimate of drug-likeness (QED) is 0.733. The number of hydrogen-bond acceptors (Lipinski definition) is 2. The summed E-state index contributed by atoms with van der Waals surface area (Å²) in [6.45, 7) is 0. The maximum atomic E-state index is 11.5. The van der Waals surface area contributed by atoms with Crippen LogP contribution in [-0.4, -0.2) is 12.9 Å². The van der Waals surface area contributed by atoms with Gasteiger partial charge in [0.15, 0.2) is 0 Å². The molecule has 0 bridgehead atoms. The second-order valence-corrected chi connectivity index (χ2v) is 4.41. The fraction of sp³-hybridized carbons (Fsp3) is 0.500. The van der Waals surface area contributed by atoms with Crippen LogP contribution in [0.3, 0.4) is 0 Å². The Morgan fingerprint density at radius 1 is 1.38 bits per heavy atom. The van der Waals surface area contributed by atoms with E-state index in [1.54, 1.807) is 7.11 Å². The van der Waals surface area contributed by atoms with Crippen LogP contribution in [-0.2, 0) is 11.2 Å². The minimum absolute atomic E-state index is 0.401. The van der Waals surface area contributed by atoms with Gasteiger partial charge in [-0.3, -0.25) is 4.79 Å². The van der Waals surface area contributed by atoms with Crippen molar-refractivity contribution in [3.05, 3.63) is 29.8 Å². The number of benzene rings is 1. The predicted molar refractivity (Wildman–Crippen MR) is 63.7 cm³/mol. The number of hydrogen-bond donors (Lipinski definition) is 0. The maximum absolute atomic E-state index is 11.5. The van der Waals surface area contributed by atoms with Gasteiger partial charge in [-0.05, 0) is 37.3 Å². The van der Waals surface area contributed by atoms with Crippen molar-refractivity contribution in [2.24, 2.45) is 5.92 Å². The topological polar surface area (TPSA) is 26.3 Å². The van der Waals surface area contributed by atoms with Crippen LogP contribution >= 0.6 is 0 Å². The maximum Gasteiger partial charge on any atom is 0.135 e. The van der Waals surface area contributed by atoms with Gasteiger partial charge >= 0.3 is 0 Å². The zero-order valence-electron chi connectivity index (χ0n) is 9.74. The van der Waals surface area contributed by atoms with E-state index in [1.165, 1.54) is 5.56 Å². The molecule has 0 heterocycles. The zero-order valence-corrected chi connectivity index (χ0v) is 9.74. The summed E-state index contributed by atoms with van der Waals surface area (Å²) in [6.07, 6.45) is 4.84. The molecule has 0 aliphatic heterocycles. The van der Waals surface area contributed by atoms with E-state index in [2.05, 4.69) is 6.07 Å². The lowest BCUT2D eigenvalue weighted by Gasteiger charge is -2.07. The lowest BCUT2D eigenvalue weighted by atomic mass is 10.0. The molecule has 0 N–H and O–H groups in total. The lowest BCUT2D eigenvalue weighted by Crippen LogP contribution is -2.01. The highest BCUT2D eigenvalue weighted by molar-refractivity contribution is 5.83. The number of ether oxygens (including phenoxy) is 1. The van der Waals surface area contributed by atoms with Gasteiger partial charge < -0.3 is 4.74 Å². The molecule has 1 aliphatic carbocycles. The molecule has 1 aromatic carbocycles. The van der Waals surface area contributed by atoms with Crippen molar-refractivity contribution in [3.8, 4) is 5.75 Å². The van der Waals surface area contributed by atoms with E-state index < -0.39 is 0 Å².